The summed E-state index contributed by atoms with van der Waals surface area (Å²) in [5.74, 6) is 1.48. The number of rotatable bonds is 7. The van der Waals surface area contributed by atoms with Crippen LogP contribution in [-0.2, 0) is 35.5 Å². The molecule has 1 unspecified atom stereocenters. The maximum Gasteiger partial charge on any atom is 0.229 e. The zero-order valence-electron chi connectivity index (χ0n) is 18.0. The zero-order valence-corrected chi connectivity index (χ0v) is 18.0. The van der Waals surface area contributed by atoms with Gasteiger partial charge in [-0.05, 0) is 24.8 Å². The molecule has 2 aromatic heterocycles. The first-order chi connectivity index (χ1) is 15.7. The van der Waals surface area contributed by atoms with Crippen molar-refractivity contribution in [1.29, 1.82) is 0 Å². The van der Waals surface area contributed by atoms with E-state index >= 15 is 0 Å². The van der Waals surface area contributed by atoms with E-state index in [0.29, 0.717) is 25.3 Å². The largest absolute Gasteiger partial charge is 0.342 e. The van der Waals surface area contributed by atoms with Crippen LogP contribution in [0.2, 0.25) is 0 Å². The Morgan fingerprint density at radius 1 is 1.16 bits per heavy atom. The van der Waals surface area contributed by atoms with Gasteiger partial charge in [0.05, 0.1) is 17.8 Å². The van der Waals surface area contributed by atoms with Crippen LogP contribution >= 0.6 is 0 Å². The average Bonchev–Trinajstić information content (AvgIpc) is 3.53. The van der Waals surface area contributed by atoms with E-state index in [-0.39, 0.29) is 24.2 Å². The van der Waals surface area contributed by atoms with Crippen LogP contribution in [0.1, 0.15) is 36.5 Å². The van der Waals surface area contributed by atoms with Crippen molar-refractivity contribution in [3.8, 4) is 0 Å². The van der Waals surface area contributed by atoms with Crippen LogP contribution < -0.4 is 5.32 Å². The fourth-order valence-corrected chi connectivity index (χ4v) is 4.46. The van der Waals surface area contributed by atoms with Crippen LogP contribution in [0.25, 0.3) is 0 Å². The standard InChI is InChI=1S/C23H27N7O2/c31-22-12-18(14-28(22)11-9-17-6-2-1-3-7-17)23(32)25-19-13-24-29(15-19)16-21-27-26-20-8-4-5-10-30(20)21/h1-3,6-7,13,15,18H,4-5,8-12,14,16H2,(H,25,32). The number of aromatic nitrogens is 5. The Labute approximate surface area is 186 Å². The number of amides is 2. The minimum absolute atomic E-state index is 0.0355. The van der Waals surface area contributed by atoms with Gasteiger partial charge in [0.1, 0.15) is 12.4 Å². The highest BCUT2D eigenvalue weighted by atomic mass is 16.2. The van der Waals surface area contributed by atoms with E-state index in [1.807, 2.05) is 18.2 Å². The molecule has 32 heavy (non-hydrogen) atoms. The number of likely N-dealkylation sites (tertiary alicyclic amines) is 1. The van der Waals surface area contributed by atoms with Gasteiger partial charge >= 0.3 is 0 Å². The predicted octanol–water partition coefficient (Wildman–Crippen LogP) is 1.89. The van der Waals surface area contributed by atoms with Crippen LogP contribution in [0, 0.1) is 5.92 Å². The summed E-state index contributed by atoms with van der Waals surface area (Å²) in [6, 6.07) is 10.1. The molecule has 1 saturated heterocycles. The Hall–Kier alpha value is -3.49. The lowest BCUT2D eigenvalue weighted by Gasteiger charge is -2.16. The monoisotopic (exact) mass is 433 g/mol. The molecule has 2 aliphatic heterocycles. The van der Waals surface area contributed by atoms with Crippen molar-refractivity contribution in [2.24, 2.45) is 5.92 Å². The summed E-state index contributed by atoms with van der Waals surface area (Å²) >= 11 is 0. The quantitative estimate of drug-likeness (QED) is 0.614. The molecular weight excluding hydrogens is 406 g/mol. The highest BCUT2D eigenvalue weighted by Gasteiger charge is 2.34. The molecule has 0 spiro atoms. The number of anilines is 1. The third-order valence-electron chi connectivity index (χ3n) is 6.24. The van der Waals surface area contributed by atoms with E-state index in [4.69, 9.17) is 0 Å². The Balaban J connectivity index is 1.15. The highest BCUT2D eigenvalue weighted by Crippen LogP contribution is 2.21. The molecule has 2 aliphatic rings. The summed E-state index contributed by atoms with van der Waals surface area (Å²) in [7, 11) is 0. The molecule has 3 aromatic rings. The van der Waals surface area contributed by atoms with Gasteiger partial charge < -0.3 is 14.8 Å². The van der Waals surface area contributed by atoms with Crippen LogP contribution in [0.5, 0.6) is 0 Å². The van der Waals surface area contributed by atoms with Crippen LogP contribution in [0.3, 0.4) is 0 Å². The van der Waals surface area contributed by atoms with Crippen molar-refractivity contribution in [3.05, 3.63) is 59.9 Å². The summed E-state index contributed by atoms with van der Waals surface area (Å²) in [5, 5.41) is 15.9. The molecule has 0 radical (unpaired) electrons. The van der Waals surface area contributed by atoms with E-state index in [2.05, 4.69) is 37.3 Å². The summed E-state index contributed by atoms with van der Waals surface area (Å²) in [6.07, 6.45) is 7.74. The molecule has 9 heteroatoms. The van der Waals surface area contributed by atoms with Crippen molar-refractivity contribution >= 4 is 17.5 Å². The first kappa shape index (κ1) is 20.4. The lowest BCUT2D eigenvalue weighted by molar-refractivity contribution is -0.128. The van der Waals surface area contributed by atoms with E-state index in [0.717, 1.165) is 43.9 Å². The van der Waals surface area contributed by atoms with Crippen molar-refractivity contribution in [1.82, 2.24) is 29.4 Å². The first-order valence-electron chi connectivity index (χ1n) is 11.2. The molecule has 1 atom stereocenters. The maximum absolute atomic E-state index is 12.7. The topological polar surface area (TPSA) is 97.9 Å². The van der Waals surface area contributed by atoms with Gasteiger partial charge in [0.2, 0.25) is 11.8 Å². The van der Waals surface area contributed by atoms with Gasteiger partial charge in [-0.15, -0.1) is 10.2 Å². The molecule has 5 rings (SSSR count). The lowest BCUT2D eigenvalue weighted by Crippen LogP contribution is -2.29. The van der Waals surface area contributed by atoms with Crippen LogP contribution in [-0.4, -0.2) is 54.3 Å². The molecule has 2 amide bonds. The lowest BCUT2D eigenvalue weighted by atomic mass is 10.1. The second-order valence-electron chi connectivity index (χ2n) is 8.53. The third-order valence-corrected chi connectivity index (χ3v) is 6.24. The molecule has 0 aliphatic carbocycles. The Bertz CT molecular complexity index is 1100. The number of carbonyl (C=O) groups is 2. The SMILES string of the molecule is O=C(Nc1cnn(Cc2nnc3n2CCCC3)c1)C1CC(=O)N(CCc2ccccc2)C1. The molecule has 1 N–H and O–H groups in total. The van der Waals surface area contributed by atoms with Gasteiger partial charge in [-0.2, -0.15) is 5.10 Å². The van der Waals surface area contributed by atoms with E-state index < -0.39 is 0 Å². The molecular formula is C23H27N7O2. The average molecular weight is 434 g/mol. The molecule has 1 aromatic carbocycles. The maximum atomic E-state index is 12.7. The molecule has 0 saturated carbocycles. The Morgan fingerprint density at radius 3 is 2.91 bits per heavy atom. The van der Waals surface area contributed by atoms with Crippen LogP contribution in [0.4, 0.5) is 5.69 Å². The van der Waals surface area contributed by atoms with Gasteiger partial charge in [-0.1, -0.05) is 30.3 Å². The number of hydrogen-bond acceptors (Lipinski definition) is 5. The summed E-state index contributed by atoms with van der Waals surface area (Å²) in [6.45, 7) is 2.54. The number of fused-ring (bicyclic) bond motifs is 1. The van der Waals surface area contributed by atoms with E-state index in [9.17, 15) is 9.59 Å². The van der Waals surface area contributed by atoms with Gasteiger partial charge in [0.15, 0.2) is 5.82 Å². The molecule has 1 fully saturated rings. The summed E-state index contributed by atoms with van der Waals surface area (Å²) < 4.78 is 3.92. The predicted molar refractivity (Wildman–Crippen MR) is 118 cm³/mol. The van der Waals surface area contributed by atoms with Crippen molar-refractivity contribution in [2.75, 3.05) is 18.4 Å². The molecule has 0 bridgehead atoms. The Kier molecular flexibility index (Phi) is 5.70. The van der Waals surface area contributed by atoms with E-state index in [1.165, 1.54) is 5.56 Å². The number of nitrogens with zero attached hydrogens (tertiary/aromatic N) is 6. The number of carbonyl (C=O) groups excluding carboxylic acids is 2. The molecule has 166 valence electrons. The van der Waals surface area contributed by atoms with Gasteiger partial charge in [0, 0.05) is 38.7 Å². The minimum Gasteiger partial charge on any atom is -0.342 e. The van der Waals surface area contributed by atoms with Gasteiger partial charge in [-0.25, -0.2) is 0 Å². The minimum atomic E-state index is -0.342. The van der Waals surface area contributed by atoms with Crippen molar-refractivity contribution in [3.63, 3.8) is 0 Å². The van der Waals surface area contributed by atoms with E-state index in [1.54, 1.807) is 22.0 Å². The normalized spacial score (nSPS) is 18.1. The van der Waals surface area contributed by atoms with Gasteiger partial charge in [-0.3, -0.25) is 14.3 Å². The fourth-order valence-electron chi connectivity index (χ4n) is 4.46. The Morgan fingerprint density at radius 2 is 2.03 bits per heavy atom. The second-order valence-corrected chi connectivity index (χ2v) is 8.53. The number of nitrogens with one attached hydrogen (secondary N) is 1. The zero-order chi connectivity index (χ0) is 21.9. The number of benzene rings is 1. The fraction of sp³-hybridized carbons (Fsp3) is 0.435. The van der Waals surface area contributed by atoms with Crippen LogP contribution in [0.15, 0.2) is 42.7 Å². The highest BCUT2D eigenvalue weighted by molar-refractivity contribution is 5.97. The second kappa shape index (κ2) is 8.94. The molecule has 4 heterocycles. The summed E-state index contributed by atoms with van der Waals surface area (Å²) in [4.78, 5) is 26.9. The number of aryl methyl sites for hydroxylation is 1. The molecule has 9 nitrogen and oxygen atoms in total. The smallest absolute Gasteiger partial charge is 0.229 e. The van der Waals surface area contributed by atoms with Gasteiger partial charge in [0.25, 0.3) is 0 Å². The van der Waals surface area contributed by atoms with Crippen molar-refractivity contribution < 1.29 is 9.59 Å². The summed E-state index contributed by atoms with van der Waals surface area (Å²) in [5.41, 5.74) is 1.82. The van der Waals surface area contributed by atoms with Crippen molar-refractivity contribution in [2.45, 2.75) is 45.2 Å². The number of hydrogen-bond donors (Lipinski definition) is 1. The third kappa shape index (κ3) is 4.42. The first-order valence-corrected chi connectivity index (χ1v) is 11.2.